The van der Waals surface area contributed by atoms with Gasteiger partial charge in [0.2, 0.25) is 5.91 Å². The van der Waals surface area contributed by atoms with Gasteiger partial charge < -0.3 is 10.4 Å². The lowest BCUT2D eigenvalue weighted by Crippen LogP contribution is -2.30. The molecule has 1 amide bonds. The molecule has 0 aromatic heterocycles. The van der Waals surface area contributed by atoms with E-state index >= 15 is 0 Å². The molecule has 0 saturated carbocycles. The van der Waals surface area contributed by atoms with E-state index in [0.29, 0.717) is 12.1 Å². The Morgan fingerprint density at radius 2 is 2.06 bits per heavy atom. The number of carbonyl (C=O) groups excluding carboxylic acids is 1. The van der Waals surface area contributed by atoms with Crippen LogP contribution in [-0.2, 0) is 4.79 Å². The van der Waals surface area contributed by atoms with Crippen LogP contribution in [-0.4, -0.2) is 24.2 Å². The van der Waals surface area contributed by atoms with Gasteiger partial charge in [-0.05, 0) is 23.5 Å². The van der Waals surface area contributed by atoms with Crippen LogP contribution in [0.5, 0.6) is 0 Å². The largest absolute Gasteiger partial charge is 0.396 e. The third-order valence-corrected chi connectivity index (χ3v) is 2.89. The maximum atomic E-state index is 13.5. The van der Waals surface area contributed by atoms with Crippen molar-refractivity contribution in [2.75, 3.05) is 13.2 Å². The number of carbonyl (C=O) groups is 1. The topological polar surface area (TPSA) is 49.3 Å². The Bertz CT molecular complexity index is 395. The lowest BCUT2D eigenvalue weighted by Gasteiger charge is -2.14. The fourth-order valence-corrected chi connectivity index (χ4v) is 1.69. The Balaban J connectivity index is 2.47. The predicted octanol–water partition coefficient (Wildman–Crippen LogP) is 2.06. The summed E-state index contributed by atoms with van der Waals surface area (Å²) >= 11 is 0. The van der Waals surface area contributed by atoms with Crippen LogP contribution >= 0.6 is 0 Å². The van der Waals surface area contributed by atoms with Gasteiger partial charge in [-0.2, -0.15) is 0 Å². The molecule has 0 saturated heterocycles. The molecular weight excluding hydrogens is 233 g/mol. The molecule has 100 valence electrons. The molecular formula is C14H20FNO2. The molecule has 1 aromatic carbocycles. The summed E-state index contributed by atoms with van der Waals surface area (Å²) in [6, 6.07) is 6.50. The van der Waals surface area contributed by atoms with E-state index in [1.54, 1.807) is 18.2 Å². The highest BCUT2D eigenvalue weighted by Crippen LogP contribution is 2.21. The van der Waals surface area contributed by atoms with Crippen molar-refractivity contribution < 1.29 is 14.3 Å². The van der Waals surface area contributed by atoms with Gasteiger partial charge in [0.1, 0.15) is 5.82 Å². The van der Waals surface area contributed by atoms with Crippen molar-refractivity contribution in [3.05, 3.63) is 35.6 Å². The van der Waals surface area contributed by atoms with Crippen molar-refractivity contribution in [2.24, 2.45) is 5.92 Å². The zero-order valence-electron chi connectivity index (χ0n) is 10.8. The maximum absolute atomic E-state index is 13.5. The summed E-state index contributed by atoms with van der Waals surface area (Å²) in [6.45, 7) is 4.16. The van der Waals surface area contributed by atoms with Gasteiger partial charge in [-0.1, -0.05) is 32.0 Å². The molecule has 0 fully saturated rings. The average Bonchev–Trinajstić information content (AvgIpc) is 2.36. The van der Waals surface area contributed by atoms with Gasteiger partial charge >= 0.3 is 0 Å². The fourth-order valence-electron chi connectivity index (χ4n) is 1.69. The highest BCUT2D eigenvalue weighted by molar-refractivity contribution is 5.76. The smallest absolute Gasteiger partial charge is 0.220 e. The highest BCUT2D eigenvalue weighted by atomic mass is 19.1. The molecule has 2 unspecified atom stereocenters. The molecule has 0 aliphatic rings. The molecule has 0 aliphatic heterocycles. The molecule has 18 heavy (non-hydrogen) atoms. The summed E-state index contributed by atoms with van der Waals surface area (Å²) in [6.07, 6.45) is 0.249. The second kappa shape index (κ2) is 7.11. The standard InChI is InChI=1S/C14H20FNO2/c1-10(9-17)8-16-14(18)7-11(2)12-5-3-4-6-13(12)15/h3-6,10-11,17H,7-9H2,1-2H3,(H,16,18). The van der Waals surface area contributed by atoms with Crippen LogP contribution < -0.4 is 5.32 Å². The number of benzene rings is 1. The van der Waals surface area contributed by atoms with E-state index in [0.717, 1.165) is 0 Å². The van der Waals surface area contributed by atoms with E-state index < -0.39 is 0 Å². The van der Waals surface area contributed by atoms with Crippen LogP contribution in [0.25, 0.3) is 0 Å². The van der Waals surface area contributed by atoms with Crippen molar-refractivity contribution in [2.45, 2.75) is 26.2 Å². The first-order valence-electron chi connectivity index (χ1n) is 6.16. The Labute approximate surface area is 107 Å². The molecule has 0 aliphatic carbocycles. The van der Waals surface area contributed by atoms with Gasteiger partial charge in [-0.3, -0.25) is 4.79 Å². The van der Waals surface area contributed by atoms with E-state index in [9.17, 15) is 9.18 Å². The minimum atomic E-state index is -0.276. The molecule has 2 atom stereocenters. The lowest BCUT2D eigenvalue weighted by atomic mass is 9.97. The van der Waals surface area contributed by atoms with Crippen LogP contribution in [0.2, 0.25) is 0 Å². The summed E-state index contributed by atoms with van der Waals surface area (Å²) in [5.74, 6) is -0.513. The van der Waals surface area contributed by atoms with Gasteiger partial charge in [-0.25, -0.2) is 4.39 Å². The number of rotatable bonds is 6. The number of halogens is 1. The molecule has 1 rings (SSSR count). The summed E-state index contributed by atoms with van der Waals surface area (Å²) in [4.78, 5) is 11.6. The zero-order valence-corrected chi connectivity index (χ0v) is 10.8. The van der Waals surface area contributed by atoms with Gasteiger partial charge in [0, 0.05) is 19.6 Å². The van der Waals surface area contributed by atoms with Crippen molar-refractivity contribution >= 4 is 5.91 Å². The van der Waals surface area contributed by atoms with Gasteiger partial charge in [0.15, 0.2) is 0 Å². The minimum Gasteiger partial charge on any atom is -0.396 e. The molecule has 2 N–H and O–H groups in total. The second-order valence-electron chi connectivity index (χ2n) is 4.72. The van der Waals surface area contributed by atoms with Crippen molar-refractivity contribution in [3.63, 3.8) is 0 Å². The molecule has 3 nitrogen and oxygen atoms in total. The van der Waals surface area contributed by atoms with Crippen LogP contribution in [0.4, 0.5) is 4.39 Å². The van der Waals surface area contributed by atoms with Crippen LogP contribution in [0, 0.1) is 11.7 Å². The molecule has 4 heteroatoms. The second-order valence-corrected chi connectivity index (χ2v) is 4.72. The lowest BCUT2D eigenvalue weighted by molar-refractivity contribution is -0.121. The van der Waals surface area contributed by atoms with Crippen molar-refractivity contribution in [1.82, 2.24) is 5.32 Å². The predicted molar refractivity (Wildman–Crippen MR) is 68.7 cm³/mol. The Morgan fingerprint density at radius 3 is 2.67 bits per heavy atom. The molecule has 0 spiro atoms. The third-order valence-electron chi connectivity index (χ3n) is 2.89. The van der Waals surface area contributed by atoms with E-state index in [4.69, 9.17) is 5.11 Å². The van der Waals surface area contributed by atoms with Crippen LogP contribution in [0.3, 0.4) is 0 Å². The van der Waals surface area contributed by atoms with Gasteiger partial charge in [-0.15, -0.1) is 0 Å². The van der Waals surface area contributed by atoms with E-state index in [1.165, 1.54) is 6.07 Å². The normalized spacial score (nSPS) is 14.0. The quantitative estimate of drug-likeness (QED) is 0.815. The molecule has 1 aromatic rings. The van der Waals surface area contributed by atoms with E-state index in [1.807, 2.05) is 13.8 Å². The number of aliphatic hydroxyl groups is 1. The average molecular weight is 253 g/mol. The Hall–Kier alpha value is -1.42. The summed E-state index contributed by atoms with van der Waals surface area (Å²) < 4.78 is 13.5. The number of hydrogen-bond acceptors (Lipinski definition) is 2. The number of hydrogen-bond donors (Lipinski definition) is 2. The monoisotopic (exact) mass is 253 g/mol. The van der Waals surface area contributed by atoms with Crippen LogP contribution in [0.15, 0.2) is 24.3 Å². The number of aliphatic hydroxyl groups excluding tert-OH is 1. The van der Waals surface area contributed by atoms with Gasteiger partial charge in [0.05, 0.1) is 0 Å². The summed E-state index contributed by atoms with van der Waals surface area (Å²) in [5, 5.41) is 11.6. The minimum absolute atomic E-state index is 0.0396. The molecule has 0 radical (unpaired) electrons. The van der Waals surface area contributed by atoms with E-state index in [2.05, 4.69) is 5.32 Å². The Morgan fingerprint density at radius 1 is 1.39 bits per heavy atom. The number of amides is 1. The summed E-state index contributed by atoms with van der Waals surface area (Å²) in [7, 11) is 0. The SMILES string of the molecule is CC(CO)CNC(=O)CC(C)c1ccccc1F. The fraction of sp³-hybridized carbons (Fsp3) is 0.500. The maximum Gasteiger partial charge on any atom is 0.220 e. The van der Waals surface area contributed by atoms with Crippen LogP contribution in [0.1, 0.15) is 31.7 Å². The van der Waals surface area contributed by atoms with E-state index in [-0.39, 0.29) is 36.6 Å². The molecule has 0 heterocycles. The highest BCUT2D eigenvalue weighted by Gasteiger charge is 2.14. The van der Waals surface area contributed by atoms with Gasteiger partial charge in [0.25, 0.3) is 0 Å². The van der Waals surface area contributed by atoms with Crippen molar-refractivity contribution in [1.29, 1.82) is 0 Å². The third kappa shape index (κ3) is 4.45. The zero-order chi connectivity index (χ0) is 13.5. The summed E-state index contributed by atoms with van der Waals surface area (Å²) in [5.41, 5.74) is 0.558. The molecule has 0 bridgehead atoms. The van der Waals surface area contributed by atoms with Crippen molar-refractivity contribution in [3.8, 4) is 0 Å². The first-order chi connectivity index (χ1) is 8.54. The first kappa shape index (κ1) is 14.6. The first-order valence-corrected chi connectivity index (χ1v) is 6.16. The Kier molecular flexibility index (Phi) is 5.78. The number of nitrogens with one attached hydrogen (secondary N) is 1.